The van der Waals surface area contributed by atoms with E-state index in [0.29, 0.717) is 51.6 Å². The SMILES string of the molecule is CCCC(CC)OCc1ccc2c(c1)CCn1c-2cc(OCC2COCCO2)nc1=O. The van der Waals surface area contributed by atoms with E-state index in [1.807, 2.05) is 6.07 Å². The summed E-state index contributed by atoms with van der Waals surface area (Å²) in [6.07, 6.45) is 4.23. The van der Waals surface area contributed by atoms with Crippen LogP contribution in [-0.4, -0.2) is 48.2 Å². The number of hydrogen-bond acceptors (Lipinski definition) is 6. The summed E-state index contributed by atoms with van der Waals surface area (Å²) in [6, 6.07) is 8.23. The van der Waals surface area contributed by atoms with Gasteiger partial charge in [0, 0.05) is 18.2 Å². The van der Waals surface area contributed by atoms with Crippen LogP contribution in [0.15, 0.2) is 29.1 Å². The highest BCUT2D eigenvalue weighted by molar-refractivity contribution is 5.67. The summed E-state index contributed by atoms with van der Waals surface area (Å²) in [4.78, 5) is 16.7. The predicted molar refractivity (Wildman–Crippen MR) is 117 cm³/mol. The number of fused-ring (bicyclic) bond motifs is 3. The molecule has 7 heteroatoms. The van der Waals surface area contributed by atoms with E-state index in [1.165, 1.54) is 11.1 Å². The number of nitrogens with zero attached hydrogens (tertiary/aromatic N) is 2. The van der Waals surface area contributed by atoms with Crippen molar-refractivity contribution in [2.45, 2.75) is 64.9 Å². The van der Waals surface area contributed by atoms with Gasteiger partial charge in [-0.25, -0.2) is 4.79 Å². The van der Waals surface area contributed by atoms with Crippen molar-refractivity contribution < 1.29 is 18.9 Å². The zero-order chi connectivity index (χ0) is 21.6. The average molecular weight is 429 g/mol. The molecule has 1 aromatic carbocycles. The fourth-order valence-corrected chi connectivity index (χ4v) is 4.18. The molecule has 4 rings (SSSR count). The lowest BCUT2D eigenvalue weighted by Gasteiger charge is -2.24. The maximum Gasteiger partial charge on any atom is 0.351 e. The molecule has 7 nitrogen and oxygen atoms in total. The van der Waals surface area contributed by atoms with Crippen molar-refractivity contribution in [2.75, 3.05) is 26.4 Å². The van der Waals surface area contributed by atoms with Gasteiger partial charge < -0.3 is 18.9 Å². The first-order valence-corrected chi connectivity index (χ1v) is 11.4. The molecule has 2 unspecified atom stereocenters. The second-order valence-corrected chi connectivity index (χ2v) is 8.16. The van der Waals surface area contributed by atoms with Crippen LogP contribution in [0.4, 0.5) is 0 Å². The topological polar surface area (TPSA) is 71.8 Å². The average Bonchev–Trinajstić information content (AvgIpc) is 2.80. The number of rotatable bonds is 9. The van der Waals surface area contributed by atoms with Crippen molar-refractivity contribution in [1.82, 2.24) is 9.55 Å². The van der Waals surface area contributed by atoms with Crippen LogP contribution in [-0.2, 0) is 33.8 Å². The Labute approximate surface area is 183 Å². The van der Waals surface area contributed by atoms with Gasteiger partial charge in [-0.2, -0.15) is 4.98 Å². The zero-order valence-corrected chi connectivity index (χ0v) is 18.5. The molecule has 0 saturated carbocycles. The van der Waals surface area contributed by atoms with E-state index in [9.17, 15) is 4.79 Å². The van der Waals surface area contributed by atoms with Crippen LogP contribution in [0, 0.1) is 0 Å². The monoisotopic (exact) mass is 428 g/mol. The predicted octanol–water partition coefficient (Wildman–Crippen LogP) is 3.36. The molecule has 31 heavy (non-hydrogen) atoms. The Hall–Kier alpha value is -2.22. The highest BCUT2D eigenvalue weighted by Gasteiger charge is 2.21. The molecule has 0 aliphatic carbocycles. The second-order valence-electron chi connectivity index (χ2n) is 8.16. The van der Waals surface area contributed by atoms with Crippen LogP contribution in [0.25, 0.3) is 11.3 Å². The van der Waals surface area contributed by atoms with Crippen molar-refractivity contribution >= 4 is 0 Å². The summed E-state index contributed by atoms with van der Waals surface area (Å²) in [7, 11) is 0. The summed E-state index contributed by atoms with van der Waals surface area (Å²) >= 11 is 0. The van der Waals surface area contributed by atoms with Gasteiger partial charge in [0.05, 0.1) is 38.2 Å². The number of benzene rings is 1. The molecule has 1 aromatic heterocycles. The quantitative estimate of drug-likeness (QED) is 0.610. The van der Waals surface area contributed by atoms with Crippen molar-refractivity contribution in [2.24, 2.45) is 0 Å². The Kier molecular flexibility index (Phi) is 7.37. The highest BCUT2D eigenvalue weighted by atomic mass is 16.6. The van der Waals surface area contributed by atoms with Crippen molar-refractivity contribution in [1.29, 1.82) is 0 Å². The first kappa shape index (κ1) is 22.0. The zero-order valence-electron chi connectivity index (χ0n) is 18.5. The number of aryl methyl sites for hydroxylation is 1. The first-order chi connectivity index (χ1) is 15.2. The lowest BCUT2D eigenvalue weighted by Crippen LogP contribution is -2.34. The third-order valence-electron chi connectivity index (χ3n) is 5.89. The Morgan fingerprint density at radius 1 is 1.26 bits per heavy atom. The lowest BCUT2D eigenvalue weighted by atomic mass is 9.95. The summed E-state index contributed by atoms with van der Waals surface area (Å²) in [6.45, 7) is 7.57. The van der Waals surface area contributed by atoms with E-state index in [-0.39, 0.29) is 11.8 Å². The van der Waals surface area contributed by atoms with E-state index in [0.717, 1.165) is 36.9 Å². The molecule has 0 spiro atoms. The largest absolute Gasteiger partial charge is 0.475 e. The van der Waals surface area contributed by atoms with E-state index in [2.05, 4.69) is 37.0 Å². The van der Waals surface area contributed by atoms with Crippen LogP contribution in [0.5, 0.6) is 5.88 Å². The van der Waals surface area contributed by atoms with E-state index in [1.54, 1.807) is 4.57 Å². The lowest BCUT2D eigenvalue weighted by molar-refractivity contribution is -0.102. The van der Waals surface area contributed by atoms with E-state index in [4.69, 9.17) is 18.9 Å². The number of ether oxygens (including phenoxy) is 4. The van der Waals surface area contributed by atoms with Crippen molar-refractivity contribution in [3.05, 3.63) is 45.9 Å². The van der Waals surface area contributed by atoms with Crippen LogP contribution >= 0.6 is 0 Å². The molecule has 2 aromatic rings. The van der Waals surface area contributed by atoms with Gasteiger partial charge >= 0.3 is 5.69 Å². The minimum Gasteiger partial charge on any atom is -0.475 e. The van der Waals surface area contributed by atoms with Gasteiger partial charge in [-0.05, 0) is 30.4 Å². The molecule has 3 heterocycles. The Morgan fingerprint density at radius 3 is 2.94 bits per heavy atom. The molecule has 0 N–H and O–H groups in total. The molecule has 2 aliphatic heterocycles. The van der Waals surface area contributed by atoms with Crippen molar-refractivity contribution in [3.8, 4) is 17.1 Å². The van der Waals surface area contributed by atoms with Gasteiger partial charge in [-0.3, -0.25) is 4.57 Å². The molecule has 168 valence electrons. The van der Waals surface area contributed by atoms with Crippen LogP contribution in [0.1, 0.15) is 44.2 Å². The van der Waals surface area contributed by atoms with Crippen LogP contribution < -0.4 is 10.4 Å². The molecular weight excluding hydrogens is 396 g/mol. The first-order valence-electron chi connectivity index (χ1n) is 11.4. The minimum atomic E-state index is -0.281. The smallest absolute Gasteiger partial charge is 0.351 e. The van der Waals surface area contributed by atoms with Crippen LogP contribution in [0.3, 0.4) is 0 Å². The standard InChI is InChI=1S/C24H32N2O5/c1-3-5-19(4-2)30-14-17-6-7-21-18(12-17)8-9-26-22(21)13-23(25-24(26)27)31-16-20-15-28-10-11-29-20/h6-7,12-13,19-20H,3-5,8-11,14-16H2,1-2H3. The fraction of sp³-hybridized carbons (Fsp3) is 0.583. The fourth-order valence-electron chi connectivity index (χ4n) is 4.18. The minimum absolute atomic E-state index is 0.135. The van der Waals surface area contributed by atoms with Crippen LogP contribution in [0.2, 0.25) is 0 Å². The van der Waals surface area contributed by atoms with Crippen molar-refractivity contribution in [3.63, 3.8) is 0 Å². The molecule has 1 fully saturated rings. The van der Waals surface area contributed by atoms with Gasteiger partial charge in [0.1, 0.15) is 12.7 Å². The molecule has 0 amide bonds. The summed E-state index contributed by atoms with van der Waals surface area (Å²) in [5.41, 5.74) is 4.02. The van der Waals surface area contributed by atoms with Gasteiger partial charge in [-0.1, -0.05) is 38.5 Å². The molecule has 0 bridgehead atoms. The molecule has 0 radical (unpaired) electrons. The molecule has 2 atom stereocenters. The molecular formula is C24H32N2O5. The van der Waals surface area contributed by atoms with Gasteiger partial charge in [-0.15, -0.1) is 0 Å². The molecule has 1 saturated heterocycles. The Morgan fingerprint density at radius 2 is 2.16 bits per heavy atom. The number of hydrogen-bond donors (Lipinski definition) is 0. The van der Waals surface area contributed by atoms with E-state index < -0.39 is 0 Å². The Bertz CT molecular complexity index is 936. The summed E-state index contributed by atoms with van der Waals surface area (Å²) < 4.78 is 24.6. The van der Waals surface area contributed by atoms with E-state index >= 15 is 0 Å². The maximum absolute atomic E-state index is 12.6. The summed E-state index contributed by atoms with van der Waals surface area (Å²) in [5, 5.41) is 0. The normalized spacial score (nSPS) is 18.8. The summed E-state index contributed by atoms with van der Waals surface area (Å²) in [5.74, 6) is 0.330. The maximum atomic E-state index is 12.6. The number of aromatic nitrogens is 2. The molecule has 2 aliphatic rings. The second kappa shape index (κ2) is 10.4. The van der Waals surface area contributed by atoms with Gasteiger partial charge in [0.15, 0.2) is 0 Å². The third-order valence-corrected chi connectivity index (χ3v) is 5.89. The van der Waals surface area contributed by atoms with Gasteiger partial charge in [0.2, 0.25) is 5.88 Å². The third kappa shape index (κ3) is 5.34. The highest BCUT2D eigenvalue weighted by Crippen LogP contribution is 2.31. The Balaban J connectivity index is 1.49. The van der Waals surface area contributed by atoms with Gasteiger partial charge in [0.25, 0.3) is 0 Å².